The molecule has 2 aromatic rings. The lowest BCUT2D eigenvalue weighted by Crippen LogP contribution is -2.00. The van der Waals surface area contributed by atoms with E-state index in [1.165, 1.54) is 0 Å². The van der Waals surface area contributed by atoms with Crippen LogP contribution in [-0.2, 0) is 0 Å². The number of benzene rings is 1. The SMILES string of the molecule is Cc1ccccc1OCCCSc1n[nH]c(N)n1. The van der Waals surface area contributed by atoms with Gasteiger partial charge in [0.05, 0.1) is 6.61 Å². The van der Waals surface area contributed by atoms with Crippen molar-refractivity contribution < 1.29 is 4.74 Å². The number of hydrogen-bond donors (Lipinski definition) is 2. The van der Waals surface area contributed by atoms with Gasteiger partial charge in [0.25, 0.3) is 0 Å². The predicted molar refractivity (Wildman–Crippen MR) is 72.8 cm³/mol. The van der Waals surface area contributed by atoms with Crippen molar-refractivity contribution in [2.75, 3.05) is 18.1 Å². The number of nitrogens with zero attached hydrogens (tertiary/aromatic N) is 2. The van der Waals surface area contributed by atoms with E-state index in [0.29, 0.717) is 17.7 Å². The molecule has 1 heterocycles. The monoisotopic (exact) mass is 264 g/mol. The molecule has 5 nitrogen and oxygen atoms in total. The molecule has 18 heavy (non-hydrogen) atoms. The number of H-pyrrole nitrogens is 1. The molecule has 0 saturated carbocycles. The first-order chi connectivity index (χ1) is 8.75. The number of nitrogens with one attached hydrogen (secondary N) is 1. The molecule has 0 spiro atoms. The quantitative estimate of drug-likeness (QED) is 0.618. The van der Waals surface area contributed by atoms with Crippen LogP contribution in [0.2, 0.25) is 0 Å². The summed E-state index contributed by atoms with van der Waals surface area (Å²) in [5.41, 5.74) is 6.59. The number of anilines is 1. The fourth-order valence-corrected chi connectivity index (χ4v) is 2.16. The van der Waals surface area contributed by atoms with Crippen LogP contribution >= 0.6 is 11.8 Å². The van der Waals surface area contributed by atoms with Gasteiger partial charge in [-0.2, -0.15) is 4.98 Å². The van der Waals surface area contributed by atoms with Crippen molar-refractivity contribution in [2.45, 2.75) is 18.5 Å². The number of aromatic amines is 1. The van der Waals surface area contributed by atoms with Crippen molar-refractivity contribution in [1.29, 1.82) is 0 Å². The van der Waals surface area contributed by atoms with E-state index in [4.69, 9.17) is 10.5 Å². The maximum atomic E-state index is 5.69. The maximum Gasteiger partial charge on any atom is 0.216 e. The second-order valence-electron chi connectivity index (χ2n) is 3.82. The number of para-hydroxylation sites is 1. The Bertz CT molecular complexity index is 500. The van der Waals surface area contributed by atoms with Crippen LogP contribution in [0.15, 0.2) is 29.4 Å². The Kier molecular flexibility index (Phi) is 4.46. The van der Waals surface area contributed by atoms with Crippen LogP contribution in [0.25, 0.3) is 0 Å². The number of hydrogen-bond acceptors (Lipinski definition) is 5. The normalized spacial score (nSPS) is 10.5. The van der Waals surface area contributed by atoms with Crippen LogP contribution in [0, 0.1) is 6.92 Å². The molecular weight excluding hydrogens is 248 g/mol. The van der Waals surface area contributed by atoms with E-state index in [1.807, 2.05) is 31.2 Å². The second kappa shape index (κ2) is 6.30. The van der Waals surface area contributed by atoms with Crippen LogP contribution in [0.4, 0.5) is 5.95 Å². The van der Waals surface area contributed by atoms with Crippen LogP contribution in [0.1, 0.15) is 12.0 Å². The molecule has 96 valence electrons. The molecular formula is C12H16N4OS. The summed E-state index contributed by atoms with van der Waals surface area (Å²) < 4.78 is 5.69. The van der Waals surface area contributed by atoms with Gasteiger partial charge in [0.1, 0.15) is 5.75 Å². The molecule has 3 N–H and O–H groups in total. The Morgan fingerprint density at radius 2 is 2.22 bits per heavy atom. The Morgan fingerprint density at radius 1 is 1.39 bits per heavy atom. The average Bonchev–Trinajstić information content (AvgIpc) is 2.77. The standard InChI is InChI=1S/C12H16N4OS/c1-9-5-2-3-6-10(9)17-7-4-8-18-12-14-11(13)15-16-12/h2-3,5-6H,4,7-8H2,1H3,(H3,13,14,15,16). The molecule has 0 saturated heterocycles. The Morgan fingerprint density at radius 3 is 2.94 bits per heavy atom. The number of nitrogen functional groups attached to an aromatic ring is 1. The highest BCUT2D eigenvalue weighted by Crippen LogP contribution is 2.17. The molecule has 0 atom stereocenters. The molecule has 0 unspecified atom stereocenters. The van der Waals surface area contributed by atoms with Gasteiger partial charge >= 0.3 is 0 Å². The molecule has 0 aliphatic heterocycles. The van der Waals surface area contributed by atoms with Gasteiger partial charge in [-0.25, -0.2) is 5.10 Å². The largest absolute Gasteiger partial charge is 0.493 e. The molecule has 2 rings (SSSR count). The zero-order valence-electron chi connectivity index (χ0n) is 10.2. The van der Waals surface area contributed by atoms with E-state index in [2.05, 4.69) is 15.2 Å². The number of ether oxygens (including phenoxy) is 1. The molecule has 0 aliphatic rings. The first-order valence-corrected chi connectivity index (χ1v) is 6.73. The van der Waals surface area contributed by atoms with E-state index >= 15 is 0 Å². The van der Waals surface area contributed by atoms with Crippen LogP contribution in [0.3, 0.4) is 0 Å². The first-order valence-electron chi connectivity index (χ1n) is 5.75. The lowest BCUT2D eigenvalue weighted by Gasteiger charge is -2.07. The maximum absolute atomic E-state index is 5.69. The minimum absolute atomic E-state index is 0.355. The van der Waals surface area contributed by atoms with E-state index in [9.17, 15) is 0 Å². The smallest absolute Gasteiger partial charge is 0.216 e. The minimum atomic E-state index is 0.355. The summed E-state index contributed by atoms with van der Waals surface area (Å²) in [6, 6.07) is 8.01. The molecule has 0 aliphatic carbocycles. The number of rotatable bonds is 6. The van der Waals surface area contributed by atoms with E-state index in [-0.39, 0.29) is 0 Å². The van der Waals surface area contributed by atoms with E-state index < -0.39 is 0 Å². The molecule has 1 aromatic heterocycles. The van der Waals surface area contributed by atoms with Crippen molar-refractivity contribution in [2.24, 2.45) is 0 Å². The molecule has 0 amide bonds. The lowest BCUT2D eigenvalue weighted by atomic mass is 10.2. The average molecular weight is 264 g/mol. The van der Waals surface area contributed by atoms with Crippen LogP contribution in [-0.4, -0.2) is 27.5 Å². The van der Waals surface area contributed by atoms with Gasteiger partial charge in [-0.3, -0.25) is 0 Å². The van der Waals surface area contributed by atoms with Gasteiger partial charge in [0.2, 0.25) is 11.1 Å². The summed E-state index contributed by atoms with van der Waals surface area (Å²) in [4.78, 5) is 4.01. The zero-order chi connectivity index (χ0) is 12.8. The van der Waals surface area contributed by atoms with E-state index in [1.54, 1.807) is 11.8 Å². The predicted octanol–water partition coefficient (Wildman–Crippen LogP) is 2.26. The topological polar surface area (TPSA) is 76.8 Å². The Hall–Kier alpha value is -1.69. The third-order valence-electron chi connectivity index (χ3n) is 2.35. The highest BCUT2D eigenvalue weighted by Gasteiger charge is 2.01. The van der Waals surface area contributed by atoms with Gasteiger partial charge in [-0.15, -0.1) is 5.10 Å². The molecule has 0 bridgehead atoms. The molecule has 6 heteroatoms. The molecule has 0 fully saturated rings. The van der Waals surface area contributed by atoms with Crippen molar-refractivity contribution in [1.82, 2.24) is 15.2 Å². The minimum Gasteiger partial charge on any atom is -0.493 e. The Balaban J connectivity index is 1.66. The Labute approximate surface area is 110 Å². The first kappa shape index (κ1) is 12.8. The molecule has 1 aromatic carbocycles. The van der Waals surface area contributed by atoms with Gasteiger partial charge in [-0.1, -0.05) is 30.0 Å². The number of aromatic nitrogens is 3. The van der Waals surface area contributed by atoms with Gasteiger partial charge < -0.3 is 10.5 Å². The van der Waals surface area contributed by atoms with Crippen LogP contribution in [0.5, 0.6) is 5.75 Å². The summed E-state index contributed by atoms with van der Waals surface area (Å²) in [5.74, 6) is 2.21. The van der Waals surface area contributed by atoms with E-state index in [0.717, 1.165) is 23.5 Å². The number of nitrogens with two attached hydrogens (primary N) is 1. The highest BCUT2D eigenvalue weighted by molar-refractivity contribution is 7.99. The molecule has 0 radical (unpaired) electrons. The lowest BCUT2D eigenvalue weighted by molar-refractivity contribution is 0.316. The van der Waals surface area contributed by atoms with Crippen molar-refractivity contribution >= 4 is 17.7 Å². The van der Waals surface area contributed by atoms with Gasteiger partial charge in [0.15, 0.2) is 0 Å². The fourth-order valence-electron chi connectivity index (χ4n) is 1.45. The fraction of sp³-hybridized carbons (Fsp3) is 0.333. The third kappa shape index (κ3) is 3.66. The summed E-state index contributed by atoms with van der Waals surface area (Å²) in [6.07, 6.45) is 0.938. The summed E-state index contributed by atoms with van der Waals surface area (Å²) >= 11 is 1.57. The van der Waals surface area contributed by atoms with Gasteiger partial charge in [0, 0.05) is 5.75 Å². The highest BCUT2D eigenvalue weighted by atomic mass is 32.2. The third-order valence-corrected chi connectivity index (χ3v) is 3.29. The summed E-state index contributed by atoms with van der Waals surface area (Å²) in [5, 5.41) is 7.24. The van der Waals surface area contributed by atoms with Gasteiger partial charge in [-0.05, 0) is 25.0 Å². The summed E-state index contributed by atoms with van der Waals surface area (Å²) in [6.45, 7) is 2.73. The second-order valence-corrected chi connectivity index (χ2v) is 4.88. The number of thioether (sulfide) groups is 1. The zero-order valence-corrected chi connectivity index (χ0v) is 11.0. The van der Waals surface area contributed by atoms with Crippen molar-refractivity contribution in [3.8, 4) is 5.75 Å². The summed E-state index contributed by atoms with van der Waals surface area (Å²) in [7, 11) is 0. The van der Waals surface area contributed by atoms with Crippen molar-refractivity contribution in [3.05, 3.63) is 29.8 Å². The van der Waals surface area contributed by atoms with Crippen LogP contribution < -0.4 is 10.5 Å². The number of aryl methyl sites for hydroxylation is 1. The van der Waals surface area contributed by atoms with Crippen molar-refractivity contribution in [3.63, 3.8) is 0 Å².